The molecule has 1 unspecified atom stereocenters. The van der Waals surface area contributed by atoms with Gasteiger partial charge in [0.25, 0.3) is 0 Å². The minimum Gasteiger partial charge on any atom is -0.326 e. The number of nitrogens with one attached hydrogen (secondary N) is 1. The normalized spacial score (nSPS) is 11.9. The van der Waals surface area contributed by atoms with Gasteiger partial charge in [-0.3, -0.25) is 9.59 Å². The predicted octanol–water partition coefficient (Wildman–Crippen LogP) is 2.37. The van der Waals surface area contributed by atoms with Crippen molar-refractivity contribution in [1.29, 1.82) is 0 Å². The summed E-state index contributed by atoms with van der Waals surface area (Å²) in [6.45, 7) is 1.45. The topological polar surface area (TPSA) is 46.2 Å². The number of para-hydroxylation sites is 1. The highest BCUT2D eigenvalue weighted by Crippen LogP contribution is 2.10. The zero-order chi connectivity index (χ0) is 11.3. The molecule has 0 saturated heterocycles. The number of hydrogen-bond donors (Lipinski definition) is 1. The minimum absolute atomic E-state index is 0.0433. The monoisotopic (exact) mass is 269 g/mol. The van der Waals surface area contributed by atoms with Crippen LogP contribution in [0.5, 0.6) is 0 Å². The van der Waals surface area contributed by atoms with Gasteiger partial charge in [0.1, 0.15) is 5.78 Å². The molecule has 1 aromatic carbocycles. The number of anilines is 1. The molecule has 0 heterocycles. The molecule has 1 amide bonds. The maximum atomic E-state index is 11.4. The molecular weight excluding hydrogens is 258 g/mol. The van der Waals surface area contributed by atoms with Crippen molar-refractivity contribution in [2.45, 2.75) is 18.2 Å². The minimum atomic E-state index is -0.402. The van der Waals surface area contributed by atoms with E-state index in [9.17, 15) is 9.59 Å². The first kappa shape index (κ1) is 11.9. The number of rotatable bonds is 4. The Labute approximate surface area is 97.0 Å². The number of alkyl halides is 1. The van der Waals surface area contributed by atoms with Crippen LogP contribution >= 0.6 is 15.9 Å². The second kappa shape index (κ2) is 5.66. The Kier molecular flexibility index (Phi) is 4.49. The highest BCUT2D eigenvalue weighted by molar-refractivity contribution is 9.10. The van der Waals surface area contributed by atoms with Crippen molar-refractivity contribution in [1.82, 2.24) is 0 Å². The number of benzene rings is 1. The SMILES string of the molecule is CC(=O)C(Br)CC(=O)Nc1ccccc1. The van der Waals surface area contributed by atoms with Crippen LogP contribution in [0, 0.1) is 0 Å². The summed E-state index contributed by atoms with van der Waals surface area (Å²) in [6, 6.07) is 9.15. The first-order chi connectivity index (χ1) is 7.09. The maximum absolute atomic E-state index is 11.4. The van der Waals surface area contributed by atoms with E-state index in [1.165, 1.54) is 6.92 Å². The fourth-order valence-electron chi connectivity index (χ4n) is 1.04. The van der Waals surface area contributed by atoms with Crippen LogP contribution in [-0.4, -0.2) is 16.5 Å². The summed E-state index contributed by atoms with van der Waals surface area (Å²) in [7, 11) is 0. The first-order valence-corrected chi connectivity index (χ1v) is 5.50. The molecule has 3 nitrogen and oxygen atoms in total. The van der Waals surface area contributed by atoms with Gasteiger partial charge in [0, 0.05) is 12.1 Å². The van der Waals surface area contributed by atoms with Gasteiger partial charge >= 0.3 is 0 Å². The van der Waals surface area contributed by atoms with Crippen LogP contribution in [0.4, 0.5) is 5.69 Å². The number of halogens is 1. The molecule has 0 radical (unpaired) electrons. The van der Waals surface area contributed by atoms with Crippen LogP contribution in [0.2, 0.25) is 0 Å². The van der Waals surface area contributed by atoms with Crippen LogP contribution in [0.25, 0.3) is 0 Å². The number of amides is 1. The third-order valence-electron chi connectivity index (χ3n) is 1.86. The smallest absolute Gasteiger partial charge is 0.225 e. The summed E-state index contributed by atoms with van der Waals surface area (Å²) in [5.74, 6) is -0.212. The Bertz CT molecular complexity index is 351. The summed E-state index contributed by atoms with van der Waals surface area (Å²) in [5, 5.41) is 2.71. The van der Waals surface area contributed by atoms with Crippen molar-refractivity contribution in [2.24, 2.45) is 0 Å². The van der Waals surface area contributed by atoms with Gasteiger partial charge in [-0.2, -0.15) is 0 Å². The zero-order valence-corrected chi connectivity index (χ0v) is 9.95. The second-order valence-electron chi connectivity index (χ2n) is 3.20. The van der Waals surface area contributed by atoms with E-state index in [-0.39, 0.29) is 18.1 Å². The van der Waals surface area contributed by atoms with E-state index in [2.05, 4.69) is 21.2 Å². The summed E-state index contributed by atoms with van der Waals surface area (Å²) < 4.78 is 0. The molecule has 1 rings (SSSR count). The first-order valence-electron chi connectivity index (χ1n) is 4.59. The van der Waals surface area contributed by atoms with Gasteiger partial charge in [0.2, 0.25) is 5.91 Å². The molecule has 0 saturated carbocycles. The van der Waals surface area contributed by atoms with Crippen LogP contribution in [0.1, 0.15) is 13.3 Å². The molecule has 0 aromatic heterocycles. The fraction of sp³-hybridized carbons (Fsp3) is 0.273. The standard InChI is InChI=1S/C11H12BrNO2/c1-8(14)10(12)7-11(15)13-9-5-3-2-4-6-9/h2-6,10H,7H2,1H3,(H,13,15). The average Bonchev–Trinajstić information content (AvgIpc) is 2.18. The Morgan fingerprint density at radius 1 is 1.33 bits per heavy atom. The lowest BCUT2D eigenvalue weighted by atomic mass is 10.2. The van der Waals surface area contributed by atoms with Gasteiger partial charge in [0.05, 0.1) is 4.83 Å². The lowest BCUT2D eigenvalue weighted by Gasteiger charge is -2.07. The number of hydrogen-bond acceptors (Lipinski definition) is 2. The summed E-state index contributed by atoms with van der Waals surface area (Å²) in [5.41, 5.74) is 0.741. The average molecular weight is 270 g/mol. The molecule has 0 aliphatic heterocycles. The van der Waals surface area contributed by atoms with Gasteiger partial charge in [-0.15, -0.1) is 0 Å². The lowest BCUT2D eigenvalue weighted by molar-refractivity contribution is -0.121. The Balaban J connectivity index is 2.47. The highest BCUT2D eigenvalue weighted by Gasteiger charge is 2.14. The number of carbonyl (C=O) groups is 2. The molecule has 1 aromatic rings. The molecule has 0 bridgehead atoms. The van der Waals surface area contributed by atoms with Crippen molar-refractivity contribution in [3.63, 3.8) is 0 Å². The van der Waals surface area contributed by atoms with Crippen molar-refractivity contribution in [3.8, 4) is 0 Å². The molecule has 80 valence electrons. The molecule has 1 atom stereocenters. The van der Waals surface area contributed by atoms with Gasteiger partial charge in [-0.05, 0) is 19.1 Å². The largest absolute Gasteiger partial charge is 0.326 e. The van der Waals surface area contributed by atoms with E-state index in [1.807, 2.05) is 18.2 Å². The van der Waals surface area contributed by atoms with Crippen molar-refractivity contribution in [3.05, 3.63) is 30.3 Å². The highest BCUT2D eigenvalue weighted by atomic mass is 79.9. The summed E-state index contributed by atoms with van der Waals surface area (Å²) in [4.78, 5) is 21.9. The van der Waals surface area contributed by atoms with Crippen molar-refractivity contribution < 1.29 is 9.59 Å². The molecule has 0 spiro atoms. The summed E-state index contributed by atoms with van der Waals surface area (Å²) in [6.07, 6.45) is 0.157. The third-order valence-corrected chi connectivity index (χ3v) is 2.83. The Hall–Kier alpha value is -1.16. The van der Waals surface area contributed by atoms with Gasteiger partial charge < -0.3 is 5.32 Å². The number of carbonyl (C=O) groups excluding carboxylic acids is 2. The van der Waals surface area contributed by atoms with Crippen molar-refractivity contribution >= 4 is 33.3 Å². The fourth-order valence-corrected chi connectivity index (χ4v) is 1.33. The van der Waals surface area contributed by atoms with Crippen LogP contribution in [0.15, 0.2) is 30.3 Å². The molecule has 1 N–H and O–H groups in total. The predicted molar refractivity (Wildman–Crippen MR) is 63.1 cm³/mol. The Morgan fingerprint density at radius 3 is 2.47 bits per heavy atom. The van der Waals surface area contributed by atoms with Gasteiger partial charge in [-0.25, -0.2) is 0 Å². The van der Waals surface area contributed by atoms with E-state index in [4.69, 9.17) is 0 Å². The maximum Gasteiger partial charge on any atom is 0.225 e. The molecule has 0 aliphatic carbocycles. The Morgan fingerprint density at radius 2 is 1.93 bits per heavy atom. The molecule has 4 heteroatoms. The van der Waals surface area contributed by atoms with E-state index >= 15 is 0 Å². The second-order valence-corrected chi connectivity index (χ2v) is 4.30. The lowest BCUT2D eigenvalue weighted by Crippen LogP contribution is -2.20. The molecular formula is C11H12BrNO2. The summed E-state index contributed by atoms with van der Waals surface area (Å²) >= 11 is 3.15. The van der Waals surface area contributed by atoms with Gasteiger partial charge in [-0.1, -0.05) is 34.1 Å². The molecule has 15 heavy (non-hydrogen) atoms. The van der Waals surface area contributed by atoms with Crippen molar-refractivity contribution in [2.75, 3.05) is 5.32 Å². The quantitative estimate of drug-likeness (QED) is 0.854. The molecule has 0 fully saturated rings. The number of ketones is 1. The van der Waals surface area contributed by atoms with Crippen LogP contribution in [0.3, 0.4) is 0 Å². The zero-order valence-electron chi connectivity index (χ0n) is 8.37. The number of Topliss-reactive ketones (excluding diaryl/α,β-unsaturated/α-hetero) is 1. The van der Waals surface area contributed by atoms with E-state index in [0.717, 1.165) is 5.69 Å². The van der Waals surface area contributed by atoms with Crippen LogP contribution in [-0.2, 0) is 9.59 Å². The van der Waals surface area contributed by atoms with Gasteiger partial charge in [0.15, 0.2) is 0 Å². The van der Waals surface area contributed by atoms with E-state index in [0.29, 0.717) is 0 Å². The molecule has 0 aliphatic rings. The van der Waals surface area contributed by atoms with E-state index in [1.54, 1.807) is 12.1 Å². The van der Waals surface area contributed by atoms with Crippen LogP contribution < -0.4 is 5.32 Å². The third kappa shape index (κ3) is 4.25. The van der Waals surface area contributed by atoms with E-state index < -0.39 is 4.83 Å².